The summed E-state index contributed by atoms with van der Waals surface area (Å²) in [5.41, 5.74) is 0. The molecule has 1 amide bonds. The number of carboxylic acids is 1. The smallest absolute Gasteiger partial charge is 0.326 e. The highest BCUT2D eigenvalue weighted by atomic mass is 16.4. The van der Waals surface area contributed by atoms with E-state index in [4.69, 9.17) is 5.11 Å². The number of carbonyl (C=O) groups is 2. The van der Waals surface area contributed by atoms with Crippen LogP contribution in [0.5, 0.6) is 0 Å². The molecule has 0 saturated heterocycles. The molecule has 0 radical (unpaired) electrons. The first-order valence-electron chi connectivity index (χ1n) is 5.36. The van der Waals surface area contributed by atoms with Crippen LogP contribution in [0.2, 0.25) is 0 Å². The summed E-state index contributed by atoms with van der Waals surface area (Å²) in [6, 6.07) is -1.08. The van der Waals surface area contributed by atoms with Crippen LogP contribution in [-0.4, -0.2) is 60.0 Å². The maximum Gasteiger partial charge on any atom is 0.326 e. The van der Waals surface area contributed by atoms with Gasteiger partial charge in [0.15, 0.2) is 0 Å². The summed E-state index contributed by atoms with van der Waals surface area (Å²) in [6.45, 7) is 5.40. The summed E-state index contributed by atoms with van der Waals surface area (Å²) in [5.74, 6) is -1.00. The molecule has 0 aliphatic carbocycles. The van der Waals surface area contributed by atoms with Crippen LogP contribution in [0.1, 0.15) is 20.8 Å². The molecule has 0 aromatic heterocycles. The number of hydrogen-bond donors (Lipinski definition) is 1. The molecular formula is C11H22N2O3. The second-order valence-electron chi connectivity index (χ2n) is 4.62. The molecule has 0 spiro atoms. The van der Waals surface area contributed by atoms with E-state index in [0.29, 0.717) is 0 Å². The van der Waals surface area contributed by atoms with Crippen LogP contribution in [0.4, 0.5) is 0 Å². The highest BCUT2D eigenvalue weighted by Crippen LogP contribution is 2.12. The second-order valence-corrected chi connectivity index (χ2v) is 4.62. The zero-order valence-corrected chi connectivity index (χ0v) is 10.9. The largest absolute Gasteiger partial charge is 0.480 e. The minimum Gasteiger partial charge on any atom is -0.480 e. The topological polar surface area (TPSA) is 60.9 Å². The van der Waals surface area contributed by atoms with Gasteiger partial charge >= 0.3 is 5.97 Å². The Bertz CT molecular complexity index is 256. The summed E-state index contributed by atoms with van der Waals surface area (Å²) >= 11 is 0. The summed E-state index contributed by atoms with van der Waals surface area (Å²) in [4.78, 5) is 26.0. The molecule has 0 aliphatic rings. The van der Waals surface area contributed by atoms with Crippen molar-refractivity contribution in [2.75, 3.05) is 21.1 Å². The number of carbonyl (C=O) groups excluding carboxylic acids is 1. The van der Waals surface area contributed by atoms with Crippen molar-refractivity contribution in [3.63, 3.8) is 0 Å². The Labute approximate surface area is 97.0 Å². The lowest BCUT2D eigenvalue weighted by Gasteiger charge is -2.32. The van der Waals surface area contributed by atoms with E-state index in [9.17, 15) is 9.59 Å². The van der Waals surface area contributed by atoms with Gasteiger partial charge in [0, 0.05) is 7.05 Å². The zero-order valence-electron chi connectivity index (χ0n) is 10.9. The molecule has 5 nitrogen and oxygen atoms in total. The molecule has 0 fully saturated rings. The highest BCUT2D eigenvalue weighted by Gasteiger charge is 2.31. The van der Waals surface area contributed by atoms with Crippen LogP contribution < -0.4 is 0 Å². The van der Waals surface area contributed by atoms with Gasteiger partial charge in [0.1, 0.15) is 6.04 Å². The normalized spacial score (nSPS) is 15.0. The Morgan fingerprint density at radius 1 is 1.06 bits per heavy atom. The van der Waals surface area contributed by atoms with E-state index >= 15 is 0 Å². The van der Waals surface area contributed by atoms with Crippen molar-refractivity contribution in [2.45, 2.75) is 32.9 Å². The van der Waals surface area contributed by atoms with Gasteiger partial charge in [-0.2, -0.15) is 0 Å². The number of aliphatic carboxylic acids is 1. The molecule has 0 aromatic rings. The van der Waals surface area contributed by atoms with Crippen molar-refractivity contribution in [1.82, 2.24) is 9.80 Å². The summed E-state index contributed by atoms with van der Waals surface area (Å²) < 4.78 is 0. The number of likely N-dealkylation sites (N-methyl/N-ethyl adjacent to an activating group) is 2. The molecule has 0 rings (SSSR count). The summed E-state index contributed by atoms with van der Waals surface area (Å²) in [6.07, 6.45) is 0. The average molecular weight is 230 g/mol. The lowest BCUT2D eigenvalue weighted by Crippen LogP contribution is -2.51. The van der Waals surface area contributed by atoms with Crippen molar-refractivity contribution in [1.29, 1.82) is 0 Å². The molecule has 0 saturated carbocycles. The average Bonchev–Trinajstić information content (AvgIpc) is 2.13. The van der Waals surface area contributed by atoms with Gasteiger partial charge in [-0.15, -0.1) is 0 Å². The minimum absolute atomic E-state index is 0.144. The van der Waals surface area contributed by atoms with Gasteiger partial charge in [0.05, 0.1) is 6.04 Å². The van der Waals surface area contributed by atoms with E-state index in [1.165, 1.54) is 18.9 Å². The number of hydrogen-bond acceptors (Lipinski definition) is 3. The number of carboxylic acid groups (broad SMARTS) is 1. The molecule has 1 unspecified atom stereocenters. The molecule has 1 N–H and O–H groups in total. The fraction of sp³-hybridized carbons (Fsp3) is 0.818. The van der Waals surface area contributed by atoms with Gasteiger partial charge in [-0.05, 0) is 26.9 Å². The number of nitrogens with zero attached hydrogens (tertiary/aromatic N) is 2. The van der Waals surface area contributed by atoms with Gasteiger partial charge in [-0.3, -0.25) is 9.69 Å². The third-order valence-corrected chi connectivity index (χ3v) is 2.73. The quantitative estimate of drug-likeness (QED) is 0.747. The van der Waals surface area contributed by atoms with E-state index in [1.54, 1.807) is 0 Å². The van der Waals surface area contributed by atoms with E-state index in [0.717, 1.165) is 0 Å². The molecule has 0 aliphatic heterocycles. The standard InChI is InChI=1S/C11H22N2O3/c1-7(2)9(12(4)5)10(14)13(6)8(3)11(15)16/h7-9H,1-6H3,(H,15,16)/t8?,9-/m1/s1. The molecule has 16 heavy (non-hydrogen) atoms. The first-order chi connectivity index (χ1) is 7.20. The van der Waals surface area contributed by atoms with Gasteiger partial charge in [0.25, 0.3) is 0 Å². The Morgan fingerprint density at radius 3 is 1.75 bits per heavy atom. The molecule has 0 aromatic carbocycles. The Morgan fingerprint density at radius 2 is 1.50 bits per heavy atom. The SMILES string of the molecule is CC(C)[C@H](C(=O)N(C)C(C)C(=O)O)N(C)C. The van der Waals surface area contributed by atoms with Crippen molar-refractivity contribution in [3.05, 3.63) is 0 Å². The highest BCUT2D eigenvalue weighted by molar-refractivity contribution is 5.86. The van der Waals surface area contributed by atoms with Crippen LogP contribution >= 0.6 is 0 Å². The van der Waals surface area contributed by atoms with Gasteiger partial charge < -0.3 is 10.0 Å². The van der Waals surface area contributed by atoms with Gasteiger partial charge in [0.2, 0.25) is 5.91 Å². The van der Waals surface area contributed by atoms with E-state index in [1.807, 2.05) is 32.8 Å². The van der Waals surface area contributed by atoms with Gasteiger partial charge in [-0.1, -0.05) is 13.8 Å². The predicted octanol–water partition coefficient (Wildman–Crippen LogP) is 0.504. The number of rotatable bonds is 5. The molecule has 94 valence electrons. The van der Waals surface area contributed by atoms with E-state index in [-0.39, 0.29) is 17.9 Å². The first kappa shape index (κ1) is 14.9. The first-order valence-corrected chi connectivity index (χ1v) is 5.36. The molecular weight excluding hydrogens is 208 g/mol. The van der Waals surface area contributed by atoms with Crippen LogP contribution in [0, 0.1) is 5.92 Å². The van der Waals surface area contributed by atoms with E-state index in [2.05, 4.69) is 0 Å². The van der Waals surface area contributed by atoms with E-state index < -0.39 is 12.0 Å². The fourth-order valence-electron chi connectivity index (χ4n) is 1.67. The zero-order chi connectivity index (χ0) is 13.0. The van der Waals surface area contributed by atoms with Crippen molar-refractivity contribution < 1.29 is 14.7 Å². The molecule has 0 heterocycles. The maximum absolute atomic E-state index is 12.1. The molecule has 0 bridgehead atoms. The van der Waals surface area contributed by atoms with Crippen molar-refractivity contribution in [2.24, 2.45) is 5.92 Å². The van der Waals surface area contributed by atoms with Gasteiger partial charge in [-0.25, -0.2) is 4.79 Å². The lowest BCUT2D eigenvalue weighted by atomic mass is 10.0. The molecule has 2 atom stereocenters. The third-order valence-electron chi connectivity index (χ3n) is 2.73. The summed E-state index contributed by atoms with van der Waals surface area (Å²) in [5, 5.41) is 8.85. The van der Waals surface area contributed by atoms with Crippen molar-refractivity contribution in [3.8, 4) is 0 Å². The predicted molar refractivity (Wildman–Crippen MR) is 62.2 cm³/mol. The lowest BCUT2D eigenvalue weighted by molar-refractivity contribution is -0.150. The third kappa shape index (κ3) is 3.48. The Balaban J connectivity index is 4.81. The maximum atomic E-state index is 12.1. The number of amides is 1. The van der Waals surface area contributed by atoms with Crippen LogP contribution in [0.25, 0.3) is 0 Å². The Hall–Kier alpha value is -1.10. The molecule has 5 heteroatoms. The van der Waals surface area contributed by atoms with Crippen LogP contribution in [0.15, 0.2) is 0 Å². The second kappa shape index (κ2) is 5.84. The summed E-state index contributed by atoms with van der Waals surface area (Å²) in [7, 11) is 5.17. The van der Waals surface area contributed by atoms with Crippen LogP contribution in [-0.2, 0) is 9.59 Å². The monoisotopic (exact) mass is 230 g/mol. The Kier molecular flexibility index (Phi) is 5.44. The van der Waals surface area contributed by atoms with Crippen LogP contribution in [0.3, 0.4) is 0 Å². The minimum atomic E-state index is -0.989. The fourth-order valence-corrected chi connectivity index (χ4v) is 1.67. The van der Waals surface area contributed by atoms with Crippen molar-refractivity contribution >= 4 is 11.9 Å².